The van der Waals surface area contributed by atoms with Crippen LogP contribution in [-0.2, 0) is 9.53 Å². The Bertz CT molecular complexity index is 299. The van der Waals surface area contributed by atoms with Gasteiger partial charge in [0.25, 0.3) is 0 Å². The minimum Gasteiger partial charge on any atom is -0.481 e. The van der Waals surface area contributed by atoms with Gasteiger partial charge in [0.1, 0.15) is 0 Å². The predicted molar refractivity (Wildman–Crippen MR) is 69.6 cm³/mol. The Hall–Kier alpha value is -0.610. The molecule has 2 unspecified atom stereocenters. The van der Waals surface area contributed by atoms with Crippen LogP contribution in [0.25, 0.3) is 0 Å². The lowest BCUT2D eigenvalue weighted by Gasteiger charge is -2.31. The lowest BCUT2D eigenvalue weighted by molar-refractivity contribution is -0.151. The molecule has 2 atom stereocenters. The van der Waals surface area contributed by atoms with Crippen molar-refractivity contribution < 1.29 is 14.6 Å². The van der Waals surface area contributed by atoms with Crippen molar-refractivity contribution in [3.63, 3.8) is 0 Å². The lowest BCUT2D eigenvalue weighted by Crippen LogP contribution is -2.41. The van der Waals surface area contributed by atoms with E-state index in [-0.39, 0.29) is 5.92 Å². The summed E-state index contributed by atoms with van der Waals surface area (Å²) in [6, 6.07) is 0. The fraction of sp³-hybridized carbons (Fsp3) is 0.929. The van der Waals surface area contributed by atoms with Crippen LogP contribution in [0.3, 0.4) is 0 Å². The van der Waals surface area contributed by atoms with E-state index >= 15 is 0 Å². The molecule has 0 spiro atoms. The zero-order valence-corrected chi connectivity index (χ0v) is 11.5. The molecule has 0 bridgehead atoms. The number of nitrogens with zero attached hydrogens (tertiary/aromatic N) is 1. The minimum atomic E-state index is -0.635. The van der Waals surface area contributed by atoms with Crippen LogP contribution in [-0.4, -0.2) is 48.3 Å². The smallest absolute Gasteiger partial charge is 0.311 e. The van der Waals surface area contributed by atoms with Crippen molar-refractivity contribution in [3.8, 4) is 0 Å². The van der Waals surface area contributed by atoms with E-state index in [2.05, 4.69) is 4.90 Å². The van der Waals surface area contributed by atoms with E-state index in [0.29, 0.717) is 12.6 Å². The van der Waals surface area contributed by atoms with Crippen molar-refractivity contribution in [2.24, 2.45) is 11.3 Å². The van der Waals surface area contributed by atoms with Crippen molar-refractivity contribution in [1.82, 2.24) is 4.90 Å². The van der Waals surface area contributed by atoms with Crippen molar-refractivity contribution in [2.45, 2.75) is 45.6 Å². The number of ether oxygens (including phenoxy) is 1. The van der Waals surface area contributed by atoms with E-state index in [0.717, 1.165) is 32.5 Å². The second kappa shape index (κ2) is 5.57. The molecular weight excluding hydrogens is 230 g/mol. The Morgan fingerprint density at radius 3 is 2.78 bits per heavy atom. The molecule has 4 heteroatoms. The zero-order valence-electron chi connectivity index (χ0n) is 11.5. The molecule has 2 saturated heterocycles. The quantitative estimate of drug-likeness (QED) is 0.834. The van der Waals surface area contributed by atoms with Gasteiger partial charge in [0, 0.05) is 19.7 Å². The first-order valence-electron chi connectivity index (χ1n) is 7.12. The van der Waals surface area contributed by atoms with E-state index in [1.165, 1.54) is 12.8 Å². The third-order valence-corrected chi connectivity index (χ3v) is 4.65. The van der Waals surface area contributed by atoms with E-state index in [9.17, 15) is 9.90 Å². The van der Waals surface area contributed by atoms with Crippen molar-refractivity contribution in [3.05, 3.63) is 0 Å². The van der Waals surface area contributed by atoms with Gasteiger partial charge in [0.15, 0.2) is 0 Å². The molecular formula is C14H25NO3. The fourth-order valence-electron chi connectivity index (χ4n) is 3.20. The zero-order chi connectivity index (χ0) is 13.2. The lowest BCUT2D eigenvalue weighted by atomic mass is 9.76. The van der Waals surface area contributed by atoms with Gasteiger partial charge in [-0.3, -0.25) is 9.69 Å². The van der Waals surface area contributed by atoms with E-state index in [4.69, 9.17) is 4.74 Å². The molecule has 2 aliphatic heterocycles. The summed E-state index contributed by atoms with van der Waals surface area (Å²) < 4.78 is 5.74. The van der Waals surface area contributed by atoms with Crippen LogP contribution in [0.1, 0.15) is 39.5 Å². The van der Waals surface area contributed by atoms with Gasteiger partial charge in [-0.25, -0.2) is 0 Å². The number of carbonyl (C=O) groups is 1. The number of aliphatic carboxylic acids is 1. The molecule has 104 valence electrons. The van der Waals surface area contributed by atoms with Crippen molar-refractivity contribution >= 4 is 5.97 Å². The average Bonchev–Trinajstić information content (AvgIpc) is 2.76. The molecule has 0 amide bonds. The Kier molecular flexibility index (Phi) is 4.28. The van der Waals surface area contributed by atoms with Gasteiger partial charge >= 0.3 is 5.97 Å². The first-order valence-corrected chi connectivity index (χ1v) is 7.12. The van der Waals surface area contributed by atoms with Gasteiger partial charge in [0.05, 0.1) is 11.5 Å². The Balaban J connectivity index is 1.92. The second-order valence-electron chi connectivity index (χ2n) is 6.09. The van der Waals surface area contributed by atoms with Gasteiger partial charge in [-0.15, -0.1) is 0 Å². The Morgan fingerprint density at radius 2 is 2.28 bits per heavy atom. The largest absolute Gasteiger partial charge is 0.481 e. The maximum atomic E-state index is 11.5. The predicted octanol–water partition coefficient (Wildman–Crippen LogP) is 1.99. The first-order chi connectivity index (χ1) is 8.54. The fourth-order valence-corrected chi connectivity index (χ4v) is 3.20. The van der Waals surface area contributed by atoms with Gasteiger partial charge in [-0.1, -0.05) is 13.8 Å². The van der Waals surface area contributed by atoms with Crippen molar-refractivity contribution in [2.75, 3.05) is 26.2 Å². The summed E-state index contributed by atoms with van der Waals surface area (Å²) in [5.74, 6) is -0.447. The van der Waals surface area contributed by atoms with Crippen LogP contribution in [0.2, 0.25) is 0 Å². The summed E-state index contributed by atoms with van der Waals surface area (Å²) in [6.07, 6.45) is 4.62. The molecule has 2 aliphatic rings. The Morgan fingerprint density at radius 1 is 1.50 bits per heavy atom. The van der Waals surface area contributed by atoms with E-state index in [1.807, 2.05) is 13.8 Å². The highest BCUT2D eigenvalue weighted by Crippen LogP contribution is 2.38. The highest BCUT2D eigenvalue weighted by Gasteiger charge is 2.47. The minimum absolute atomic E-state index is 0.187. The molecule has 0 radical (unpaired) electrons. The first kappa shape index (κ1) is 13.8. The van der Waals surface area contributed by atoms with Gasteiger partial charge in [-0.05, 0) is 38.1 Å². The summed E-state index contributed by atoms with van der Waals surface area (Å²) in [4.78, 5) is 13.8. The van der Waals surface area contributed by atoms with Crippen LogP contribution in [0, 0.1) is 11.3 Å². The normalized spacial score (nSPS) is 34.1. The maximum Gasteiger partial charge on any atom is 0.311 e. The number of hydrogen-bond donors (Lipinski definition) is 1. The summed E-state index contributed by atoms with van der Waals surface area (Å²) in [5, 5.41) is 9.50. The molecule has 0 saturated carbocycles. The van der Waals surface area contributed by atoms with Crippen molar-refractivity contribution in [1.29, 1.82) is 0 Å². The highest BCUT2D eigenvalue weighted by atomic mass is 16.5. The molecule has 2 heterocycles. The number of carboxylic acids is 1. The maximum absolute atomic E-state index is 11.5. The van der Waals surface area contributed by atoms with Crippen LogP contribution in [0.5, 0.6) is 0 Å². The third-order valence-electron chi connectivity index (χ3n) is 4.65. The van der Waals surface area contributed by atoms with Crippen LogP contribution in [0.15, 0.2) is 0 Å². The molecule has 1 N–H and O–H groups in total. The molecule has 0 aromatic carbocycles. The van der Waals surface area contributed by atoms with Crippen LogP contribution < -0.4 is 0 Å². The number of hydrogen-bond acceptors (Lipinski definition) is 3. The number of likely N-dealkylation sites (tertiary alicyclic amines) is 1. The summed E-state index contributed by atoms with van der Waals surface area (Å²) >= 11 is 0. The highest BCUT2D eigenvalue weighted by molar-refractivity contribution is 5.75. The summed E-state index contributed by atoms with van der Waals surface area (Å²) in [5.41, 5.74) is -0.547. The third kappa shape index (κ3) is 2.69. The van der Waals surface area contributed by atoms with Crippen LogP contribution >= 0.6 is 0 Å². The molecule has 2 fully saturated rings. The Labute approximate surface area is 109 Å². The second-order valence-corrected chi connectivity index (χ2v) is 6.09. The molecule has 2 rings (SSSR count). The van der Waals surface area contributed by atoms with Gasteiger partial charge < -0.3 is 9.84 Å². The topological polar surface area (TPSA) is 49.8 Å². The van der Waals surface area contributed by atoms with Gasteiger partial charge in [0.2, 0.25) is 0 Å². The average molecular weight is 255 g/mol. The standard InChI is InChI=1S/C14H25NO3/c1-11(2)14(13(16)17)6-7-15(10-14)9-12-5-3-4-8-18-12/h11-12H,3-10H2,1-2H3,(H,16,17). The van der Waals surface area contributed by atoms with E-state index < -0.39 is 11.4 Å². The molecule has 0 aromatic heterocycles. The molecule has 4 nitrogen and oxygen atoms in total. The number of rotatable bonds is 4. The molecule has 0 aromatic rings. The monoisotopic (exact) mass is 255 g/mol. The van der Waals surface area contributed by atoms with E-state index in [1.54, 1.807) is 0 Å². The van der Waals surface area contributed by atoms with Crippen LogP contribution in [0.4, 0.5) is 0 Å². The molecule has 0 aliphatic carbocycles. The van der Waals surface area contributed by atoms with Gasteiger partial charge in [-0.2, -0.15) is 0 Å². The molecule has 18 heavy (non-hydrogen) atoms. The summed E-state index contributed by atoms with van der Waals surface area (Å²) in [7, 11) is 0. The summed E-state index contributed by atoms with van der Waals surface area (Å²) in [6.45, 7) is 7.39. The SMILES string of the molecule is CC(C)C1(C(=O)O)CCN(CC2CCCCO2)C1. The number of carboxylic acid groups (broad SMARTS) is 1.